The minimum Gasteiger partial charge on any atom is -0.467 e. The molecular formula is C21H30N4O4. The van der Waals surface area contributed by atoms with Gasteiger partial charge < -0.3 is 24.4 Å². The molecule has 4 rings (SSSR count). The molecule has 1 aromatic heterocycles. The molecule has 2 aliphatic heterocycles. The SMILES string of the molecule is O=C1CC(C(=O)N2CCN(C(=O)NC3CCCCC3)CC2)CN1Cc1ccco1. The van der Waals surface area contributed by atoms with Gasteiger partial charge in [-0.15, -0.1) is 0 Å². The fourth-order valence-corrected chi connectivity index (χ4v) is 4.58. The van der Waals surface area contributed by atoms with Gasteiger partial charge in [0.1, 0.15) is 5.76 Å². The average molecular weight is 402 g/mol. The van der Waals surface area contributed by atoms with E-state index in [1.807, 2.05) is 6.07 Å². The number of piperazine rings is 1. The second kappa shape index (κ2) is 8.88. The first-order valence-electron chi connectivity index (χ1n) is 10.7. The number of furan rings is 1. The first kappa shape index (κ1) is 19.8. The van der Waals surface area contributed by atoms with E-state index < -0.39 is 0 Å². The minimum atomic E-state index is -0.305. The topological polar surface area (TPSA) is 86.1 Å². The van der Waals surface area contributed by atoms with E-state index in [4.69, 9.17) is 4.42 Å². The zero-order valence-corrected chi connectivity index (χ0v) is 16.8. The van der Waals surface area contributed by atoms with Crippen molar-refractivity contribution in [3.8, 4) is 0 Å². The van der Waals surface area contributed by atoms with Gasteiger partial charge in [0.2, 0.25) is 11.8 Å². The molecule has 2 saturated heterocycles. The van der Waals surface area contributed by atoms with Crippen molar-refractivity contribution in [1.82, 2.24) is 20.0 Å². The van der Waals surface area contributed by atoms with Gasteiger partial charge in [0.15, 0.2) is 0 Å². The van der Waals surface area contributed by atoms with Crippen LogP contribution in [0.2, 0.25) is 0 Å². The molecule has 0 radical (unpaired) electrons. The van der Waals surface area contributed by atoms with E-state index in [0.29, 0.717) is 45.3 Å². The lowest BCUT2D eigenvalue weighted by Gasteiger charge is -2.37. The molecular weight excluding hydrogens is 372 g/mol. The van der Waals surface area contributed by atoms with Crippen molar-refractivity contribution in [2.75, 3.05) is 32.7 Å². The summed E-state index contributed by atoms with van der Waals surface area (Å²) in [5.41, 5.74) is 0. The van der Waals surface area contributed by atoms with Crippen molar-refractivity contribution in [3.05, 3.63) is 24.2 Å². The number of carbonyl (C=O) groups is 3. The number of nitrogens with one attached hydrogen (secondary N) is 1. The van der Waals surface area contributed by atoms with Crippen molar-refractivity contribution in [2.24, 2.45) is 5.92 Å². The molecule has 8 nitrogen and oxygen atoms in total. The summed E-state index contributed by atoms with van der Waals surface area (Å²) in [7, 11) is 0. The molecule has 158 valence electrons. The fraction of sp³-hybridized carbons (Fsp3) is 0.667. The second-order valence-electron chi connectivity index (χ2n) is 8.35. The molecule has 1 aromatic rings. The van der Waals surface area contributed by atoms with Crippen LogP contribution in [-0.4, -0.2) is 71.3 Å². The monoisotopic (exact) mass is 402 g/mol. The minimum absolute atomic E-state index is 0.00903. The maximum Gasteiger partial charge on any atom is 0.317 e. The zero-order chi connectivity index (χ0) is 20.2. The van der Waals surface area contributed by atoms with Gasteiger partial charge in [-0.05, 0) is 25.0 Å². The second-order valence-corrected chi connectivity index (χ2v) is 8.35. The van der Waals surface area contributed by atoms with Crippen LogP contribution in [0.4, 0.5) is 4.79 Å². The molecule has 1 aliphatic carbocycles. The predicted octanol–water partition coefficient (Wildman–Crippen LogP) is 1.81. The Morgan fingerprint density at radius 1 is 1.07 bits per heavy atom. The highest BCUT2D eigenvalue weighted by molar-refractivity contribution is 5.89. The van der Waals surface area contributed by atoms with Gasteiger partial charge in [0.25, 0.3) is 0 Å². The molecule has 3 aliphatic rings. The van der Waals surface area contributed by atoms with Crippen molar-refractivity contribution in [2.45, 2.75) is 51.1 Å². The highest BCUT2D eigenvalue weighted by Gasteiger charge is 2.38. The van der Waals surface area contributed by atoms with Gasteiger partial charge in [-0.3, -0.25) is 9.59 Å². The van der Waals surface area contributed by atoms with Crippen molar-refractivity contribution in [3.63, 3.8) is 0 Å². The highest BCUT2D eigenvalue weighted by Crippen LogP contribution is 2.23. The molecule has 29 heavy (non-hydrogen) atoms. The van der Waals surface area contributed by atoms with Gasteiger partial charge >= 0.3 is 6.03 Å². The smallest absolute Gasteiger partial charge is 0.317 e. The lowest BCUT2D eigenvalue weighted by Crippen LogP contribution is -2.55. The van der Waals surface area contributed by atoms with E-state index in [-0.39, 0.29) is 30.2 Å². The van der Waals surface area contributed by atoms with Crippen LogP contribution in [0.25, 0.3) is 0 Å². The molecule has 3 fully saturated rings. The molecule has 3 heterocycles. The number of nitrogens with zero attached hydrogens (tertiary/aromatic N) is 3. The van der Waals surface area contributed by atoms with Crippen molar-refractivity contribution < 1.29 is 18.8 Å². The summed E-state index contributed by atoms with van der Waals surface area (Å²) in [6, 6.07) is 3.91. The first-order chi connectivity index (χ1) is 14.1. The number of rotatable bonds is 4. The van der Waals surface area contributed by atoms with Crippen LogP contribution in [-0.2, 0) is 16.1 Å². The molecule has 0 bridgehead atoms. The van der Waals surface area contributed by atoms with Crippen molar-refractivity contribution >= 4 is 17.8 Å². The third kappa shape index (κ3) is 4.74. The summed E-state index contributed by atoms with van der Waals surface area (Å²) in [5.74, 6) is 0.432. The number of likely N-dealkylation sites (tertiary alicyclic amines) is 1. The number of hydrogen-bond acceptors (Lipinski definition) is 4. The average Bonchev–Trinajstić information content (AvgIpc) is 3.39. The third-order valence-electron chi connectivity index (χ3n) is 6.30. The summed E-state index contributed by atoms with van der Waals surface area (Å²) in [6.07, 6.45) is 7.59. The van der Waals surface area contributed by atoms with E-state index in [1.54, 1.807) is 27.0 Å². The van der Waals surface area contributed by atoms with Crippen LogP contribution in [0, 0.1) is 5.92 Å². The third-order valence-corrected chi connectivity index (χ3v) is 6.30. The number of carbonyl (C=O) groups excluding carboxylic acids is 3. The maximum atomic E-state index is 12.9. The van der Waals surface area contributed by atoms with Gasteiger partial charge in [0, 0.05) is 45.2 Å². The Morgan fingerprint density at radius 3 is 2.48 bits per heavy atom. The highest BCUT2D eigenvalue weighted by atomic mass is 16.3. The molecule has 1 saturated carbocycles. The summed E-state index contributed by atoms with van der Waals surface area (Å²) in [6.45, 7) is 2.98. The standard InChI is InChI=1S/C21H30N4O4/c26-19-13-16(14-25(19)15-18-7-4-12-29-18)20(27)23-8-10-24(11-9-23)21(28)22-17-5-2-1-3-6-17/h4,7,12,16-17H,1-3,5-6,8-11,13-15H2,(H,22,28). The fourth-order valence-electron chi connectivity index (χ4n) is 4.58. The number of amides is 4. The van der Waals surface area contributed by atoms with E-state index in [1.165, 1.54) is 19.3 Å². The van der Waals surface area contributed by atoms with E-state index >= 15 is 0 Å². The summed E-state index contributed by atoms with van der Waals surface area (Å²) >= 11 is 0. The Kier molecular flexibility index (Phi) is 6.06. The van der Waals surface area contributed by atoms with Gasteiger partial charge in [-0.1, -0.05) is 19.3 Å². The van der Waals surface area contributed by atoms with Crippen molar-refractivity contribution in [1.29, 1.82) is 0 Å². The van der Waals surface area contributed by atoms with E-state index in [2.05, 4.69) is 5.32 Å². The molecule has 1 N–H and O–H groups in total. The Labute approximate surface area is 171 Å². The lowest BCUT2D eigenvalue weighted by molar-refractivity contribution is -0.137. The van der Waals surface area contributed by atoms with Gasteiger partial charge in [-0.2, -0.15) is 0 Å². The van der Waals surface area contributed by atoms with Crippen LogP contribution >= 0.6 is 0 Å². The van der Waals surface area contributed by atoms with Gasteiger partial charge in [0.05, 0.1) is 18.7 Å². The zero-order valence-electron chi connectivity index (χ0n) is 16.8. The molecule has 8 heteroatoms. The predicted molar refractivity (Wildman–Crippen MR) is 106 cm³/mol. The lowest BCUT2D eigenvalue weighted by atomic mass is 9.96. The molecule has 1 atom stereocenters. The Bertz CT molecular complexity index is 721. The van der Waals surface area contributed by atoms with Gasteiger partial charge in [-0.25, -0.2) is 4.79 Å². The quantitative estimate of drug-likeness (QED) is 0.832. The first-order valence-corrected chi connectivity index (χ1v) is 10.7. The Hall–Kier alpha value is -2.51. The number of hydrogen-bond donors (Lipinski definition) is 1. The molecule has 1 unspecified atom stereocenters. The number of urea groups is 1. The van der Waals surface area contributed by atoms with Crippen LogP contribution in [0.15, 0.2) is 22.8 Å². The summed E-state index contributed by atoms with van der Waals surface area (Å²) < 4.78 is 5.31. The van der Waals surface area contributed by atoms with Crippen LogP contribution in [0.3, 0.4) is 0 Å². The maximum absolute atomic E-state index is 12.9. The van der Waals surface area contributed by atoms with Crippen LogP contribution in [0.5, 0.6) is 0 Å². The molecule has 4 amide bonds. The summed E-state index contributed by atoms with van der Waals surface area (Å²) in [4.78, 5) is 43.0. The van der Waals surface area contributed by atoms with Crippen LogP contribution < -0.4 is 5.32 Å². The summed E-state index contributed by atoms with van der Waals surface area (Å²) in [5, 5.41) is 3.14. The molecule has 0 aromatic carbocycles. The largest absolute Gasteiger partial charge is 0.467 e. The Balaban J connectivity index is 1.23. The van der Waals surface area contributed by atoms with E-state index in [0.717, 1.165) is 18.6 Å². The van der Waals surface area contributed by atoms with Crippen LogP contribution in [0.1, 0.15) is 44.3 Å². The normalized spacial score (nSPS) is 23.5. The Morgan fingerprint density at radius 2 is 1.79 bits per heavy atom. The van der Waals surface area contributed by atoms with E-state index in [9.17, 15) is 14.4 Å². The molecule has 0 spiro atoms.